The van der Waals surface area contributed by atoms with Crippen molar-refractivity contribution in [3.63, 3.8) is 0 Å². The van der Waals surface area contributed by atoms with Gasteiger partial charge in [0.2, 0.25) is 0 Å². The minimum Gasteiger partial charge on any atom is -0.334 e. The number of rotatable bonds is 2. The summed E-state index contributed by atoms with van der Waals surface area (Å²) in [6.45, 7) is 9.48. The second-order valence-electron chi connectivity index (χ2n) is 5.87. The predicted molar refractivity (Wildman–Crippen MR) is 78.8 cm³/mol. The minimum atomic E-state index is 0.252. The van der Waals surface area contributed by atoms with Crippen LogP contribution in [0.25, 0.3) is 0 Å². The van der Waals surface area contributed by atoms with E-state index in [-0.39, 0.29) is 5.91 Å². The van der Waals surface area contributed by atoms with Crippen molar-refractivity contribution in [3.8, 4) is 0 Å². The molecule has 1 aromatic heterocycles. The van der Waals surface area contributed by atoms with Crippen LogP contribution in [0, 0.1) is 25.7 Å². The molecule has 104 valence electrons. The zero-order valence-corrected chi connectivity index (χ0v) is 12.7. The van der Waals surface area contributed by atoms with Crippen molar-refractivity contribution in [2.45, 2.75) is 33.2 Å². The highest BCUT2D eigenvalue weighted by Gasteiger charge is 2.45. The van der Waals surface area contributed by atoms with Gasteiger partial charge in [0, 0.05) is 30.6 Å². The first-order valence-electron chi connectivity index (χ1n) is 7.20. The van der Waals surface area contributed by atoms with Crippen LogP contribution in [-0.4, -0.2) is 36.5 Å². The largest absolute Gasteiger partial charge is 0.334 e. The molecule has 1 N–H and O–H groups in total. The van der Waals surface area contributed by atoms with E-state index in [9.17, 15) is 4.79 Å². The van der Waals surface area contributed by atoms with E-state index in [1.807, 2.05) is 0 Å². The molecule has 0 aliphatic carbocycles. The molecule has 0 radical (unpaired) electrons. The molecule has 3 unspecified atom stereocenters. The average molecular weight is 278 g/mol. The number of amides is 1. The maximum absolute atomic E-state index is 12.7. The molecular formula is C15H22N2OS. The maximum atomic E-state index is 12.7. The fourth-order valence-electron chi connectivity index (χ4n) is 3.60. The van der Waals surface area contributed by atoms with Gasteiger partial charge in [0.1, 0.15) is 0 Å². The first-order chi connectivity index (χ1) is 9.11. The number of thiophene rings is 1. The predicted octanol–water partition coefficient (Wildman–Crippen LogP) is 2.43. The van der Waals surface area contributed by atoms with Gasteiger partial charge in [-0.25, -0.2) is 0 Å². The Labute approximate surface area is 119 Å². The number of nitrogens with one attached hydrogen (secondary N) is 1. The molecular weight excluding hydrogens is 256 g/mol. The van der Waals surface area contributed by atoms with Gasteiger partial charge in [0.05, 0.1) is 4.88 Å². The van der Waals surface area contributed by atoms with E-state index >= 15 is 0 Å². The van der Waals surface area contributed by atoms with Crippen molar-refractivity contribution in [1.82, 2.24) is 10.2 Å². The summed E-state index contributed by atoms with van der Waals surface area (Å²) in [5, 5.41) is 3.47. The van der Waals surface area contributed by atoms with Crippen molar-refractivity contribution in [1.29, 1.82) is 0 Å². The molecule has 3 heterocycles. The molecule has 2 aliphatic heterocycles. The molecule has 2 aliphatic rings. The van der Waals surface area contributed by atoms with E-state index in [2.05, 4.69) is 37.1 Å². The molecule has 19 heavy (non-hydrogen) atoms. The van der Waals surface area contributed by atoms with E-state index in [1.54, 1.807) is 11.3 Å². The summed E-state index contributed by atoms with van der Waals surface area (Å²) in [5.41, 5.74) is 1.24. The monoisotopic (exact) mass is 278 g/mol. The van der Waals surface area contributed by atoms with Crippen molar-refractivity contribution in [3.05, 3.63) is 21.4 Å². The van der Waals surface area contributed by atoms with E-state index in [0.29, 0.717) is 17.9 Å². The maximum Gasteiger partial charge on any atom is 0.264 e. The Kier molecular flexibility index (Phi) is 3.39. The number of likely N-dealkylation sites (tertiary alicyclic amines) is 1. The van der Waals surface area contributed by atoms with Gasteiger partial charge in [-0.15, -0.1) is 11.3 Å². The molecule has 0 spiro atoms. The molecule has 3 atom stereocenters. The van der Waals surface area contributed by atoms with Gasteiger partial charge in [-0.2, -0.15) is 0 Å². The van der Waals surface area contributed by atoms with Crippen molar-refractivity contribution >= 4 is 17.2 Å². The second kappa shape index (κ2) is 4.91. The van der Waals surface area contributed by atoms with E-state index in [0.717, 1.165) is 30.9 Å². The first kappa shape index (κ1) is 13.1. The Morgan fingerprint density at radius 3 is 2.89 bits per heavy atom. The van der Waals surface area contributed by atoms with Gasteiger partial charge in [-0.1, -0.05) is 6.92 Å². The van der Waals surface area contributed by atoms with Gasteiger partial charge in [-0.05, 0) is 43.7 Å². The summed E-state index contributed by atoms with van der Waals surface area (Å²) in [6.07, 6.45) is 1.07. The van der Waals surface area contributed by atoms with Crippen LogP contribution in [0.2, 0.25) is 0 Å². The van der Waals surface area contributed by atoms with Crippen molar-refractivity contribution < 1.29 is 4.79 Å². The Morgan fingerprint density at radius 2 is 2.26 bits per heavy atom. The molecule has 0 bridgehead atoms. The lowest BCUT2D eigenvalue weighted by molar-refractivity contribution is 0.0716. The average Bonchev–Trinajstić information content (AvgIpc) is 3.03. The van der Waals surface area contributed by atoms with Crippen molar-refractivity contribution in [2.24, 2.45) is 11.8 Å². The number of hydrogen-bond donors (Lipinski definition) is 1. The molecule has 0 aromatic carbocycles. The minimum absolute atomic E-state index is 0.252. The van der Waals surface area contributed by atoms with Crippen LogP contribution >= 0.6 is 11.3 Å². The number of fused-ring (bicyclic) bond motifs is 1. The number of carbonyl (C=O) groups excluding carboxylic acids is 1. The number of nitrogens with zero attached hydrogens (tertiary/aromatic N) is 1. The lowest BCUT2D eigenvalue weighted by atomic mass is 9.93. The Balaban J connectivity index is 1.83. The molecule has 3 nitrogen and oxygen atoms in total. The fraction of sp³-hybridized carbons (Fsp3) is 0.667. The molecule has 0 saturated carbocycles. The topological polar surface area (TPSA) is 32.3 Å². The van der Waals surface area contributed by atoms with E-state index in [4.69, 9.17) is 0 Å². The summed E-state index contributed by atoms with van der Waals surface area (Å²) >= 11 is 1.64. The standard InChI is InChI=1S/C15H22N2OS/c1-4-13-12-7-16-6-11(12)8-17(13)15(18)14-5-9(2)10(3)19-14/h5,11-13,16H,4,6-8H2,1-3H3. The van der Waals surface area contributed by atoms with Gasteiger partial charge in [0.25, 0.3) is 5.91 Å². The zero-order valence-electron chi connectivity index (χ0n) is 11.9. The van der Waals surface area contributed by atoms with Crippen LogP contribution < -0.4 is 5.32 Å². The zero-order chi connectivity index (χ0) is 13.6. The molecule has 1 amide bonds. The lowest BCUT2D eigenvalue weighted by Crippen LogP contribution is -2.39. The fourth-order valence-corrected chi connectivity index (χ4v) is 4.59. The normalized spacial score (nSPS) is 29.8. The third-order valence-corrected chi connectivity index (χ3v) is 5.91. The van der Waals surface area contributed by atoms with Crippen LogP contribution in [0.1, 0.15) is 33.5 Å². The highest BCUT2D eigenvalue weighted by molar-refractivity contribution is 7.14. The lowest BCUT2D eigenvalue weighted by Gasteiger charge is -2.26. The summed E-state index contributed by atoms with van der Waals surface area (Å²) < 4.78 is 0. The number of carbonyl (C=O) groups is 1. The Hall–Kier alpha value is -0.870. The number of hydrogen-bond acceptors (Lipinski definition) is 3. The molecule has 2 fully saturated rings. The first-order valence-corrected chi connectivity index (χ1v) is 8.02. The summed E-state index contributed by atoms with van der Waals surface area (Å²) in [7, 11) is 0. The van der Waals surface area contributed by atoms with Gasteiger partial charge in [-0.3, -0.25) is 4.79 Å². The Bertz CT molecular complexity index is 477. The second-order valence-corrected chi connectivity index (χ2v) is 7.12. The number of aryl methyl sites for hydroxylation is 2. The van der Waals surface area contributed by atoms with Gasteiger partial charge in [0.15, 0.2) is 0 Å². The summed E-state index contributed by atoms with van der Waals surface area (Å²) in [5.74, 6) is 1.58. The van der Waals surface area contributed by atoms with Gasteiger partial charge >= 0.3 is 0 Å². The van der Waals surface area contributed by atoms with E-state index in [1.165, 1.54) is 10.4 Å². The van der Waals surface area contributed by atoms with Crippen LogP contribution in [0.5, 0.6) is 0 Å². The quantitative estimate of drug-likeness (QED) is 0.901. The highest BCUT2D eigenvalue weighted by Crippen LogP contribution is 2.36. The third-order valence-electron chi connectivity index (χ3n) is 4.77. The molecule has 1 aromatic rings. The van der Waals surface area contributed by atoms with Crippen LogP contribution in [0.4, 0.5) is 0 Å². The van der Waals surface area contributed by atoms with Crippen LogP contribution in [0.3, 0.4) is 0 Å². The molecule has 4 heteroatoms. The van der Waals surface area contributed by atoms with E-state index < -0.39 is 0 Å². The summed E-state index contributed by atoms with van der Waals surface area (Å²) in [4.78, 5) is 17.0. The third kappa shape index (κ3) is 2.11. The van der Waals surface area contributed by atoms with Crippen LogP contribution in [-0.2, 0) is 0 Å². The molecule has 2 saturated heterocycles. The van der Waals surface area contributed by atoms with Crippen molar-refractivity contribution in [2.75, 3.05) is 19.6 Å². The summed E-state index contributed by atoms with van der Waals surface area (Å²) in [6, 6.07) is 2.48. The SMILES string of the molecule is CCC1C2CNCC2CN1C(=O)c1cc(C)c(C)s1. The van der Waals surface area contributed by atoms with Crippen LogP contribution in [0.15, 0.2) is 6.07 Å². The molecule has 3 rings (SSSR count). The smallest absolute Gasteiger partial charge is 0.264 e. The highest BCUT2D eigenvalue weighted by atomic mass is 32.1. The Morgan fingerprint density at radius 1 is 1.47 bits per heavy atom. The van der Waals surface area contributed by atoms with Gasteiger partial charge < -0.3 is 10.2 Å².